The van der Waals surface area contributed by atoms with Crippen molar-refractivity contribution in [2.75, 3.05) is 26.2 Å². The predicted molar refractivity (Wildman–Crippen MR) is 81.3 cm³/mol. The van der Waals surface area contributed by atoms with Crippen molar-refractivity contribution in [3.8, 4) is 5.75 Å². The first kappa shape index (κ1) is 16.1. The topological polar surface area (TPSA) is 75.8 Å². The zero-order chi connectivity index (χ0) is 15.2. The summed E-state index contributed by atoms with van der Waals surface area (Å²) in [6, 6.07) is 7.29. The van der Waals surface area contributed by atoms with Gasteiger partial charge in [-0.3, -0.25) is 9.69 Å². The van der Waals surface area contributed by atoms with Gasteiger partial charge < -0.3 is 15.6 Å². The number of amides is 1. The van der Waals surface area contributed by atoms with Gasteiger partial charge in [0.2, 0.25) is 5.91 Å². The van der Waals surface area contributed by atoms with Crippen LogP contribution >= 0.6 is 11.6 Å². The Bertz CT molecular complexity index is 458. The first-order valence-electron chi connectivity index (χ1n) is 7.14. The van der Waals surface area contributed by atoms with Gasteiger partial charge in [0.25, 0.3) is 0 Å². The fourth-order valence-corrected chi connectivity index (χ4v) is 2.67. The van der Waals surface area contributed by atoms with Crippen LogP contribution in [0, 0.1) is 5.92 Å². The van der Waals surface area contributed by atoms with Crippen LogP contribution in [0.5, 0.6) is 5.75 Å². The van der Waals surface area contributed by atoms with Crippen molar-refractivity contribution in [1.29, 1.82) is 0 Å². The summed E-state index contributed by atoms with van der Waals surface area (Å²) in [4.78, 5) is 13.2. The third-order valence-electron chi connectivity index (χ3n) is 3.86. The molecule has 1 atom stereocenters. The van der Waals surface area contributed by atoms with Gasteiger partial charge in [-0.25, -0.2) is 0 Å². The van der Waals surface area contributed by atoms with Crippen LogP contribution in [0.3, 0.4) is 0 Å². The summed E-state index contributed by atoms with van der Waals surface area (Å²) >= 11 is 5.81. The molecule has 0 bridgehead atoms. The number of carbonyl (C=O) groups excluding carboxylic acids is 1. The number of likely N-dealkylation sites (tertiary alicyclic amines) is 1. The fourth-order valence-electron chi connectivity index (χ4n) is 2.55. The number of benzene rings is 1. The molecule has 1 heterocycles. The molecule has 0 saturated carbocycles. The van der Waals surface area contributed by atoms with E-state index in [9.17, 15) is 9.90 Å². The molecule has 5 nitrogen and oxygen atoms in total. The van der Waals surface area contributed by atoms with Crippen molar-refractivity contribution >= 4 is 17.5 Å². The first-order valence-corrected chi connectivity index (χ1v) is 7.52. The molecule has 2 rings (SSSR count). The number of carbonyl (C=O) groups is 1. The average molecular weight is 313 g/mol. The number of halogens is 1. The lowest BCUT2D eigenvalue weighted by Crippen LogP contribution is -2.43. The Morgan fingerprint density at radius 2 is 2.00 bits per heavy atom. The molecule has 1 fully saturated rings. The number of aliphatic hydroxyl groups is 1. The summed E-state index contributed by atoms with van der Waals surface area (Å²) in [5.41, 5.74) is 5.12. The smallest absolute Gasteiger partial charge is 0.246 e. The molecule has 1 amide bonds. The standard InChI is InChI=1S/C15H21ClN2O3/c16-12-1-3-13(4-2-12)21-10-9-18-7-5-11(6-8-18)14(19)15(17)20/h1-4,11,14,19H,5-10H2,(H2,17,20)/t14-/m1/s1. The molecule has 6 heteroatoms. The molecule has 1 aromatic rings. The zero-order valence-electron chi connectivity index (χ0n) is 11.9. The Morgan fingerprint density at radius 1 is 1.38 bits per heavy atom. The van der Waals surface area contributed by atoms with Gasteiger partial charge in [0.05, 0.1) is 0 Å². The Hall–Kier alpha value is -1.30. The second-order valence-electron chi connectivity index (χ2n) is 5.33. The number of rotatable bonds is 6. The molecular weight excluding hydrogens is 292 g/mol. The van der Waals surface area contributed by atoms with Crippen LogP contribution in [0.15, 0.2) is 24.3 Å². The van der Waals surface area contributed by atoms with Crippen molar-refractivity contribution < 1.29 is 14.6 Å². The minimum Gasteiger partial charge on any atom is -0.492 e. The van der Waals surface area contributed by atoms with Gasteiger partial charge in [0.15, 0.2) is 0 Å². The van der Waals surface area contributed by atoms with Crippen molar-refractivity contribution in [1.82, 2.24) is 4.90 Å². The molecule has 1 aliphatic heterocycles. The lowest BCUT2D eigenvalue weighted by atomic mass is 9.91. The maximum atomic E-state index is 11.0. The fraction of sp³-hybridized carbons (Fsp3) is 0.533. The van der Waals surface area contributed by atoms with Crippen molar-refractivity contribution in [3.63, 3.8) is 0 Å². The summed E-state index contributed by atoms with van der Waals surface area (Å²) in [6.07, 6.45) is 0.549. The van der Waals surface area contributed by atoms with Gasteiger partial charge in [-0.2, -0.15) is 0 Å². The molecule has 21 heavy (non-hydrogen) atoms. The highest BCUT2D eigenvalue weighted by Crippen LogP contribution is 2.21. The Labute approximate surface area is 129 Å². The number of primary amides is 1. The summed E-state index contributed by atoms with van der Waals surface area (Å²) in [6.45, 7) is 3.12. The number of piperidine rings is 1. The van der Waals surface area contributed by atoms with E-state index >= 15 is 0 Å². The normalized spacial score (nSPS) is 18.4. The lowest BCUT2D eigenvalue weighted by molar-refractivity contribution is -0.129. The van der Waals surface area contributed by atoms with Crippen LogP contribution in [-0.2, 0) is 4.79 Å². The lowest BCUT2D eigenvalue weighted by Gasteiger charge is -2.33. The van der Waals surface area contributed by atoms with E-state index < -0.39 is 12.0 Å². The minimum absolute atomic E-state index is 0.0177. The van der Waals surface area contributed by atoms with Gasteiger partial charge in [-0.05, 0) is 56.1 Å². The summed E-state index contributed by atoms with van der Waals surface area (Å²) in [7, 11) is 0. The largest absolute Gasteiger partial charge is 0.492 e. The minimum atomic E-state index is -1.02. The van der Waals surface area contributed by atoms with Crippen molar-refractivity contribution in [3.05, 3.63) is 29.3 Å². The molecule has 0 aromatic heterocycles. The summed E-state index contributed by atoms with van der Waals surface area (Å²) in [5.74, 6) is 0.161. The summed E-state index contributed by atoms with van der Waals surface area (Å²) < 4.78 is 5.65. The third kappa shape index (κ3) is 4.88. The van der Waals surface area contributed by atoms with E-state index in [2.05, 4.69) is 4.90 Å². The molecule has 1 aliphatic rings. The van der Waals surface area contributed by atoms with Gasteiger partial charge >= 0.3 is 0 Å². The highest BCUT2D eigenvalue weighted by Gasteiger charge is 2.28. The van der Waals surface area contributed by atoms with Crippen molar-refractivity contribution in [2.45, 2.75) is 18.9 Å². The molecule has 0 spiro atoms. The number of aliphatic hydroxyl groups excluding tert-OH is 1. The monoisotopic (exact) mass is 312 g/mol. The SMILES string of the molecule is NC(=O)[C@H](O)C1CCN(CCOc2ccc(Cl)cc2)CC1. The van der Waals surface area contributed by atoms with E-state index in [-0.39, 0.29) is 5.92 Å². The molecule has 0 unspecified atom stereocenters. The number of ether oxygens (including phenoxy) is 1. The van der Waals surface area contributed by atoms with E-state index in [1.54, 1.807) is 12.1 Å². The van der Waals surface area contributed by atoms with Gasteiger partial charge in [0, 0.05) is 11.6 Å². The Kier molecular flexibility index (Phi) is 5.85. The van der Waals surface area contributed by atoms with Gasteiger partial charge in [0.1, 0.15) is 18.5 Å². The number of nitrogens with zero attached hydrogens (tertiary/aromatic N) is 1. The van der Waals surface area contributed by atoms with E-state index in [1.807, 2.05) is 12.1 Å². The first-order chi connectivity index (χ1) is 10.1. The van der Waals surface area contributed by atoms with Gasteiger partial charge in [-0.15, -0.1) is 0 Å². The van der Waals surface area contributed by atoms with Gasteiger partial charge in [-0.1, -0.05) is 11.6 Å². The van der Waals surface area contributed by atoms with Crippen LogP contribution in [0.1, 0.15) is 12.8 Å². The maximum Gasteiger partial charge on any atom is 0.246 e. The predicted octanol–water partition coefficient (Wildman–Crippen LogP) is 1.28. The van der Waals surface area contributed by atoms with Crippen LogP contribution in [-0.4, -0.2) is 48.3 Å². The molecular formula is C15H21ClN2O3. The molecule has 116 valence electrons. The van der Waals surface area contributed by atoms with Crippen LogP contribution in [0.4, 0.5) is 0 Å². The van der Waals surface area contributed by atoms with E-state index in [1.165, 1.54) is 0 Å². The maximum absolute atomic E-state index is 11.0. The van der Waals surface area contributed by atoms with E-state index in [0.29, 0.717) is 11.6 Å². The second kappa shape index (κ2) is 7.64. The number of hydrogen-bond donors (Lipinski definition) is 2. The van der Waals surface area contributed by atoms with Crippen LogP contribution < -0.4 is 10.5 Å². The van der Waals surface area contributed by atoms with E-state index in [0.717, 1.165) is 38.2 Å². The third-order valence-corrected chi connectivity index (χ3v) is 4.11. The molecule has 0 radical (unpaired) electrons. The average Bonchev–Trinajstić information content (AvgIpc) is 2.49. The van der Waals surface area contributed by atoms with Crippen molar-refractivity contribution in [2.24, 2.45) is 11.7 Å². The summed E-state index contributed by atoms with van der Waals surface area (Å²) in [5, 5.41) is 10.3. The molecule has 1 aromatic carbocycles. The van der Waals surface area contributed by atoms with E-state index in [4.69, 9.17) is 22.1 Å². The molecule has 0 aliphatic carbocycles. The Balaban J connectivity index is 1.67. The molecule has 1 saturated heterocycles. The number of hydrogen-bond acceptors (Lipinski definition) is 4. The Morgan fingerprint density at radius 3 is 2.57 bits per heavy atom. The molecule has 3 N–H and O–H groups in total. The highest BCUT2D eigenvalue weighted by atomic mass is 35.5. The van der Waals surface area contributed by atoms with Crippen LogP contribution in [0.2, 0.25) is 5.02 Å². The quantitative estimate of drug-likeness (QED) is 0.829. The van der Waals surface area contributed by atoms with Crippen LogP contribution in [0.25, 0.3) is 0 Å². The number of nitrogens with two attached hydrogens (primary N) is 1. The zero-order valence-corrected chi connectivity index (χ0v) is 12.6. The second-order valence-corrected chi connectivity index (χ2v) is 5.77. The highest BCUT2D eigenvalue weighted by molar-refractivity contribution is 6.30.